The molecule has 0 unspecified atom stereocenters. The van der Waals surface area contributed by atoms with E-state index in [1.165, 1.54) is 11.8 Å². The van der Waals surface area contributed by atoms with Crippen molar-refractivity contribution in [1.82, 2.24) is 0 Å². The number of thioether (sulfide) groups is 2. The molecular weight excluding hydrogens is 328 g/mol. The number of aromatic hydroxyl groups is 1. The number of hydrogen-bond acceptors (Lipinski definition) is 4. The second-order valence-corrected chi connectivity index (χ2v) is 9.94. The largest absolute Gasteiger partial charge is 0.507 e. The Kier molecular flexibility index (Phi) is 6.90. The maximum Gasteiger partial charge on any atom is 0.313 e. The highest BCUT2D eigenvalue weighted by atomic mass is 32.2. The number of carbonyl (C=O) groups is 1. The minimum absolute atomic E-state index is 0.126. The SMILES string of the molecule is CC(C)(C)c1cc(SCCSCC(=O)O)cc(C(C)(C)C)c1O. The van der Waals surface area contributed by atoms with Gasteiger partial charge in [-0.3, -0.25) is 4.79 Å². The molecule has 0 aliphatic carbocycles. The van der Waals surface area contributed by atoms with Crippen molar-refractivity contribution < 1.29 is 15.0 Å². The Morgan fingerprint density at radius 1 is 1.00 bits per heavy atom. The van der Waals surface area contributed by atoms with E-state index in [-0.39, 0.29) is 16.6 Å². The molecule has 0 bridgehead atoms. The van der Waals surface area contributed by atoms with Crippen molar-refractivity contribution in [1.29, 1.82) is 0 Å². The van der Waals surface area contributed by atoms with Crippen LogP contribution in [0.3, 0.4) is 0 Å². The van der Waals surface area contributed by atoms with Crippen molar-refractivity contribution >= 4 is 29.5 Å². The zero-order valence-corrected chi connectivity index (χ0v) is 16.5. The molecule has 0 aliphatic heterocycles. The van der Waals surface area contributed by atoms with Gasteiger partial charge in [0.05, 0.1) is 5.75 Å². The minimum Gasteiger partial charge on any atom is -0.507 e. The summed E-state index contributed by atoms with van der Waals surface area (Å²) in [4.78, 5) is 11.7. The van der Waals surface area contributed by atoms with E-state index < -0.39 is 5.97 Å². The van der Waals surface area contributed by atoms with Gasteiger partial charge < -0.3 is 10.2 Å². The van der Waals surface area contributed by atoms with Crippen LogP contribution < -0.4 is 0 Å². The number of phenols is 1. The van der Waals surface area contributed by atoms with Crippen molar-refractivity contribution in [2.45, 2.75) is 57.3 Å². The standard InChI is InChI=1S/C18H28O3S2/c1-17(2,3)13-9-12(23-8-7-22-11-15(19)20)10-14(16(13)21)18(4,5)6/h9-10,21H,7-8,11H2,1-6H3,(H,19,20). The molecule has 1 rings (SSSR count). The predicted octanol–water partition coefficient (Wildman–Crippen LogP) is 4.90. The molecule has 0 saturated carbocycles. The van der Waals surface area contributed by atoms with Gasteiger partial charge in [-0.2, -0.15) is 0 Å². The lowest BCUT2D eigenvalue weighted by Gasteiger charge is -2.28. The smallest absolute Gasteiger partial charge is 0.313 e. The Labute approximate surface area is 148 Å². The molecule has 0 aliphatic rings. The van der Waals surface area contributed by atoms with Crippen molar-refractivity contribution in [2.75, 3.05) is 17.3 Å². The topological polar surface area (TPSA) is 57.5 Å². The molecule has 2 N–H and O–H groups in total. The van der Waals surface area contributed by atoms with Crippen LogP contribution in [0.15, 0.2) is 17.0 Å². The Morgan fingerprint density at radius 3 is 1.87 bits per heavy atom. The summed E-state index contributed by atoms with van der Waals surface area (Å²) in [6, 6.07) is 4.13. The molecule has 0 spiro atoms. The third kappa shape index (κ3) is 6.30. The molecule has 1 aromatic rings. The number of hydrogen-bond donors (Lipinski definition) is 2. The van der Waals surface area contributed by atoms with Gasteiger partial charge >= 0.3 is 5.97 Å². The second kappa shape index (κ2) is 7.84. The predicted molar refractivity (Wildman–Crippen MR) is 101 cm³/mol. The first-order valence-corrected chi connectivity index (χ1v) is 9.87. The van der Waals surface area contributed by atoms with Gasteiger partial charge in [-0.15, -0.1) is 23.5 Å². The number of rotatable bonds is 6. The Hall–Kier alpha value is -0.810. The van der Waals surface area contributed by atoms with E-state index in [1.807, 2.05) is 0 Å². The third-order valence-corrected chi connectivity index (χ3v) is 5.60. The van der Waals surface area contributed by atoms with E-state index in [0.717, 1.165) is 27.5 Å². The molecule has 5 heteroatoms. The molecule has 0 amide bonds. The van der Waals surface area contributed by atoms with Gasteiger partial charge in [0.1, 0.15) is 5.75 Å². The van der Waals surface area contributed by atoms with Gasteiger partial charge in [-0.05, 0) is 23.0 Å². The lowest BCUT2D eigenvalue weighted by atomic mass is 9.79. The molecule has 130 valence electrons. The molecule has 0 atom stereocenters. The van der Waals surface area contributed by atoms with Gasteiger partial charge in [0.25, 0.3) is 0 Å². The van der Waals surface area contributed by atoms with Crippen LogP contribution in [0.2, 0.25) is 0 Å². The van der Waals surface area contributed by atoms with E-state index in [9.17, 15) is 9.90 Å². The van der Waals surface area contributed by atoms with Gasteiger partial charge in [0.2, 0.25) is 0 Å². The zero-order valence-electron chi connectivity index (χ0n) is 14.9. The van der Waals surface area contributed by atoms with Gasteiger partial charge in [-0.25, -0.2) is 0 Å². The van der Waals surface area contributed by atoms with Crippen LogP contribution in [0.1, 0.15) is 52.7 Å². The summed E-state index contributed by atoms with van der Waals surface area (Å²) in [5.41, 5.74) is 1.67. The molecule has 0 radical (unpaired) electrons. The molecule has 0 aromatic heterocycles. The van der Waals surface area contributed by atoms with Crippen LogP contribution in [0.25, 0.3) is 0 Å². The Balaban J connectivity index is 2.98. The average molecular weight is 357 g/mol. The normalized spacial score (nSPS) is 12.4. The van der Waals surface area contributed by atoms with Crippen LogP contribution in [0, 0.1) is 0 Å². The van der Waals surface area contributed by atoms with Gasteiger partial charge in [0, 0.05) is 27.5 Å². The summed E-state index contributed by atoms with van der Waals surface area (Å²) in [5, 5.41) is 19.3. The molecule has 0 fully saturated rings. The van der Waals surface area contributed by atoms with Gasteiger partial charge in [0.15, 0.2) is 0 Å². The Bertz CT molecular complexity index is 519. The van der Waals surface area contributed by atoms with Crippen molar-refractivity contribution in [2.24, 2.45) is 0 Å². The number of phenolic OH excluding ortho intramolecular Hbond substituents is 1. The molecule has 3 nitrogen and oxygen atoms in total. The zero-order chi connectivity index (χ0) is 17.8. The fraction of sp³-hybridized carbons (Fsp3) is 0.611. The molecule has 0 saturated heterocycles. The quantitative estimate of drug-likeness (QED) is 0.561. The maximum absolute atomic E-state index is 10.7. The van der Waals surface area contributed by atoms with Crippen LogP contribution in [-0.2, 0) is 15.6 Å². The number of carboxylic acid groups (broad SMARTS) is 1. The second-order valence-electron chi connectivity index (χ2n) is 7.66. The fourth-order valence-corrected chi connectivity index (χ4v) is 3.97. The first kappa shape index (κ1) is 20.2. The summed E-state index contributed by atoms with van der Waals surface area (Å²) in [5.74, 6) is 1.43. The monoisotopic (exact) mass is 356 g/mol. The average Bonchev–Trinajstić information content (AvgIpc) is 2.36. The summed E-state index contributed by atoms with van der Waals surface area (Å²) in [7, 11) is 0. The summed E-state index contributed by atoms with van der Waals surface area (Å²) < 4.78 is 0. The third-order valence-electron chi connectivity index (χ3n) is 3.42. The molecule has 1 aromatic carbocycles. The van der Waals surface area contributed by atoms with Crippen LogP contribution in [-0.4, -0.2) is 33.4 Å². The van der Waals surface area contributed by atoms with Gasteiger partial charge in [-0.1, -0.05) is 41.5 Å². The van der Waals surface area contributed by atoms with E-state index >= 15 is 0 Å². The maximum atomic E-state index is 10.7. The summed E-state index contributed by atoms with van der Waals surface area (Å²) in [6.07, 6.45) is 0. The first-order valence-electron chi connectivity index (χ1n) is 7.73. The Morgan fingerprint density at radius 2 is 1.48 bits per heavy atom. The van der Waals surface area contributed by atoms with Crippen LogP contribution in [0.4, 0.5) is 0 Å². The highest BCUT2D eigenvalue weighted by molar-refractivity contribution is 8.03. The molecule has 0 heterocycles. The minimum atomic E-state index is -0.769. The summed E-state index contributed by atoms with van der Waals surface area (Å²) >= 11 is 3.15. The van der Waals surface area contributed by atoms with Crippen molar-refractivity contribution in [3.63, 3.8) is 0 Å². The van der Waals surface area contributed by atoms with Crippen LogP contribution >= 0.6 is 23.5 Å². The van der Waals surface area contributed by atoms with E-state index in [0.29, 0.717) is 5.75 Å². The number of aliphatic carboxylic acids is 1. The van der Waals surface area contributed by atoms with Crippen molar-refractivity contribution in [3.05, 3.63) is 23.3 Å². The van der Waals surface area contributed by atoms with Crippen molar-refractivity contribution in [3.8, 4) is 5.75 Å². The van der Waals surface area contributed by atoms with E-state index in [2.05, 4.69) is 53.7 Å². The van der Waals surface area contributed by atoms with Crippen LogP contribution in [0.5, 0.6) is 5.75 Å². The fourth-order valence-electron chi connectivity index (χ4n) is 2.21. The van der Waals surface area contributed by atoms with E-state index in [1.54, 1.807) is 11.8 Å². The summed E-state index contributed by atoms with van der Waals surface area (Å²) in [6.45, 7) is 12.6. The van der Waals surface area contributed by atoms with E-state index in [4.69, 9.17) is 5.11 Å². The number of carboxylic acids is 1. The highest BCUT2D eigenvalue weighted by Gasteiger charge is 2.26. The molecular formula is C18H28O3S2. The lowest BCUT2D eigenvalue weighted by Crippen LogP contribution is -2.17. The number of benzene rings is 1. The highest BCUT2D eigenvalue weighted by Crippen LogP contribution is 2.41. The molecule has 23 heavy (non-hydrogen) atoms. The first-order chi connectivity index (χ1) is 10.4. The lowest BCUT2D eigenvalue weighted by molar-refractivity contribution is -0.133.